The van der Waals surface area contributed by atoms with Crippen LogP contribution in [0.2, 0.25) is 0 Å². The summed E-state index contributed by atoms with van der Waals surface area (Å²) in [7, 11) is 3.33. The Bertz CT molecular complexity index is 411. The molecule has 0 aliphatic carbocycles. The van der Waals surface area contributed by atoms with E-state index in [0.29, 0.717) is 0 Å². The monoisotopic (exact) mass is 371 g/mol. The standard InChI is InChI=1S/C12H21NO8S2/c1-5(15)13-6(11(19)20-2)4-22-23-12-10(18)9(17)8(16)7(3-14)21-12/h6-10,12,14,16-18H,3-4H2,1-2H3,(H,13,15)/t6-,7+,8+,9-,10+,12-/m0/s1. The lowest BCUT2D eigenvalue weighted by atomic mass is 10.0. The topological polar surface area (TPSA) is 146 Å². The molecule has 1 fully saturated rings. The van der Waals surface area contributed by atoms with E-state index < -0.39 is 48.5 Å². The SMILES string of the molecule is COC(=O)[C@H](CSS[C@@H]1O[C@H](CO)[C@@H](O)[C@H](O)[C@H]1O)NC(C)=O. The van der Waals surface area contributed by atoms with E-state index in [1.807, 2.05) is 0 Å². The Morgan fingerprint density at radius 2 is 1.91 bits per heavy atom. The minimum Gasteiger partial charge on any atom is -0.467 e. The fourth-order valence-electron chi connectivity index (χ4n) is 1.88. The molecule has 9 nitrogen and oxygen atoms in total. The molecule has 134 valence electrons. The van der Waals surface area contributed by atoms with Crippen LogP contribution in [0, 0.1) is 0 Å². The van der Waals surface area contributed by atoms with E-state index >= 15 is 0 Å². The molecule has 1 rings (SSSR count). The van der Waals surface area contributed by atoms with Crippen LogP contribution in [-0.4, -0.2) is 87.7 Å². The Kier molecular flexibility index (Phi) is 8.61. The van der Waals surface area contributed by atoms with Gasteiger partial charge >= 0.3 is 5.97 Å². The van der Waals surface area contributed by atoms with Crippen molar-refractivity contribution in [3.63, 3.8) is 0 Å². The molecule has 0 aromatic rings. The molecule has 0 bridgehead atoms. The molecule has 0 radical (unpaired) electrons. The molecule has 1 amide bonds. The molecule has 1 saturated heterocycles. The first kappa shape index (κ1) is 20.5. The van der Waals surface area contributed by atoms with Crippen molar-refractivity contribution >= 4 is 33.5 Å². The number of hydrogen-bond donors (Lipinski definition) is 5. The lowest BCUT2D eigenvalue weighted by molar-refractivity contribution is -0.205. The maximum atomic E-state index is 11.5. The zero-order valence-corrected chi connectivity index (χ0v) is 14.2. The summed E-state index contributed by atoms with van der Waals surface area (Å²) in [4.78, 5) is 22.6. The third-order valence-electron chi connectivity index (χ3n) is 3.11. The second-order valence-corrected chi connectivity index (χ2v) is 7.36. The van der Waals surface area contributed by atoms with Crippen molar-refractivity contribution in [2.75, 3.05) is 19.5 Å². The smallest absolute Gasteiger partial charge is 0.329 e. The molecule has 0 aromatic carbocycles. The number of nitrogens with one attached hydrogen (secondary N) is 1. The number of rotatable bonds is 7. The predicted molar refractivity (Wildman–Crippen MR) is 83.4 cm³/mol. The minimum absolute atomic E-state index is 0.145. The average molecular weight is 371 g/mol. The Morgan fingerprint density at radius 3 is 2.43 bits per heavy atom. The lowest BCUT2D eigenvalue weighted by Gasteiger charge is -2.39. The molecule has 1 aliphatic rings. The zero-order valence-electron chi connectivity index (χ0n) is 12.6. The fraction of sp³-hybridized carbons (Fsp3) is 0.833. The second kappa shape index (κ2) is 9.67. The number of methoxy groups -OCH3 is 1. The van der Waals surface area contributed by atoms with E-state index in [4.69, 9.17) is 9.84 Å². The molecule has 0 spiro atoms. The number of amides is 1. The Hall–Kier alpha value is -0.560. The van der Waals surface area contributed by atoms with Crippen molar-refractivity contribution in [1.29, 1.82) is 0 Å². The molecule has 0 unspecified atom stereocenters. The lowest BCUT2D eigenvalue weighted by Crippen LogP contribution is -2.57. The number of aliphatic hydroxyl groups excluding tert-OH is 4. The summed E-state index contributed by atoms with van der Waals surface area (Å²) < 4.78 is 9.89. The van der Waals surface area contributed by atoms with E-state index in [1.54, 1.807) is 0 Å². The zero-order chi connectivity index (χ0) is 17.6. The molecule has 6 atom stereocenters. The molecule has 23 heavy (non-hydrogen) atoms. The number of esters is 1. The molecule has 1 aliphatic heterocycles. The summed E-state index contributed by atoms with van der Waals surface area (Å²) in [5.41, 5.74) is -0.911. The van der Waals surface area contributed by atoms with Gasteiger partial charge in [0.1, 0.15) is 35.9 Å². The summed E-state index contributed by atoms with van der Waals surface area (Å²) in [6.07, 6.45) is -5.22. The number of carbonyl (C=O) groups is 2. The fourth-order valence-corrected chi connectivity index (χ4v) is 4.43. The van der Waals surface area contributed by atoms with E-state index in [9.17, 15) is 24.9 Å². The van der Waals surface area contributed by atoms with Crippen molar-refractivity contribution in [2.45, 2.75) is 42.8 Å². The van der Waals surface area contributed by atoms with Gasteiger partial charge in [-0.15, -0.1) is 0 Å². The molecule has 5 N–H and O–H groups in total. The number of carbonyl (C=O) groups excluding carboxylic acids is 2. The van der Waals surface area contributed by atoms with Gasteiger partial charge in [0.05, 0.1) is 13.7 Å². The summed E-state index contributed by atoms with van der Waals surface area (Å²) in [5, 5.41) is 40.8. The van der Waals surface area contributed by atoms with Crippen LogP contribution in [0.25, 0.3) is 0 Å². The highest BCUT2D eigenvalue weighted by molar-refractivity contribution is 8.76. The summed E-state index contributed by atoms with van der Waals surface area (Å²) >= 11 is 0. The van der Waals surface area contributed by atoms with Gasteiger partial charge in [0.2, 0.25) is 5.91 Å². The maximum absolute atomic E-state index is 11.5. The number of hydrogen-bond acceptors (Lipinski definition) is 10. The van der Waals surface area contributed by atoms with Crippen molar-refractivity contribution in [3.05, 3.63) is 0 Å². The maximum Gasteiger partial charge on any atom is 0.329 e. The summed E-state index contributed by atoms with van der Waals surface area (Å²) in [6.45, 7) is 0.759. The summed E-state index contributed by atoms with van der Waals surface area (Å²) in [6, 6.07) is -0.861. The van der Waals surface area contributed by atoms with Gasteiger partial charge in [0, 0.05) is 12.7 Å². The number of aliphatic hydroxyl groups is 4. The first-order valence-electron chi connectivity index (χ1n) is 6.75. The van der Waals surface area contributed by atoms with Gasteiger partial charge < -0.3 is 35.2 Å². The van der Waals surface area contributed by atoms with Crippen LogP contribution in [0.4, 0.5) is 0 Å². The molecular weight excluding hydrogens is 350 g/mol. The van der Waals surface area contributed by atoms with Crippen molar-refractivity contribution in [2.24, 2.45) is 0 Å². The highest BCUT2D eigenvalue weighted by Crippen LogP contribution is 2.35. The van der Waals surface area contributed by atoms with E-state index in [-0.39, 0.29) is 11.7 Å². The molecule has 11 heteroatoms. The van der Waals surface area contributed by atoms with Crippen LogP contribution >= 0.6 is 21.6 Å². The van der Waals surface area contributed by atoms with Crippen LogP contribution in [0.1, 0.15) is 6.92 Å². The van der Waals surface area contributed by atoms with Crippen molar-refractivity contribution in [1.82, 2.24) is 5.32 Å². The quantitative estimate of drug-likeness (QED) is 0.248. The highest BCUT2D eigenvalue weighted by Gasteiger charge is 2.43. The molecular formula is C12H21NO8S2. The van der Waals surface area contributed by atoms with Gasteiger partial charge in [-0.05, 0) is 0 Å². The van der Waals surface area contributed by atoms with Gasteiger partial charge in [-0.2, -0.15) is 0 Å². The normalized spacial score (nSPS) is 32.2. The Balaban J connectivity index is 2.55. The van der Waals surface area contributed by atoms with Gasteiger partial charge in [0.25, 0.3) is 0 Å². The van der Waals surface area contributed by atoms with Gasteiger partial charge in [-0.25, -0.2) is 4.79 Å². The van der Waals surface area contributed by atoms with E-state index in [2.05, 4.69) is 10.1 Å². The first-order chi connectivity index (χ1) is 10.8. The van der Waals surface area contributed by atoms with Crippen LogP contribution in [0.3, 0.4) is 0 Å². The Labute approximate surface area is 141 Å². The van der Waals surface area contributed by atoms with Crippen LogP contribution in [0.5, 0.6) is 0 Å². The van der Waals surface area contributed by atoms with Gasteiger partial charge in [-0.3, -0.25) is 4.79 Å². The Morgan fingerprint density at radius 1 is 1.26 bits per heavy atom. The molecule has 1 heterocycles. The van der Waals surface area contributed by atoms with Gasteiger partial charge in [0.15, 0.2) is 0 Å². The molecule has 0 saturated carbocycles. The van der Waals surface area contributed by atoms with E-state index in [1.165, 1.54) is 14.0 Å². The first-order valence-corrected chi connectivity index (χ1v) is 9.13. The van der Waals surface area contributed by atoms with Crippen molar-refractivity contribution < 1.29 is 39.5 Å². The van der Waals surface area contributed by atoms with Crippen LogP contribution in [-0.2, 0) is 19.1 Å². The molecule has 0 aromatic heterocycles. The average Bonchev–Trinajstić information content (AvgIpc) is 2.52. The largest absolute Gasteiger partial charge is 0.467 e. The van der Waals surface area contributed by atoms with Crippen molar-refractivity contribution in [3.8, 4) is 0 Å². The second-order valence-electron chi connectivity index (χ2n) is 4.85. The third kappa shape index (κ3) is 5.78. The predicted octanol–water partition coefficient (Wildman–Crippen LogP) is -2.15. The number of ether oxygens (including phenoxy) is 2. The minimum atomic E-state index is -1.45. The van der Waals surface area contributed by atoms with Gasteiger partial charge in [-0.1, -0.05) is 21.6 Å². The van der Waals surface area contributed by atoms with Crippen LogP contribution < -0.4 is 5.32 Å². The third-order valence-corrected chi connectivity index (χ3v) is 5.68. The van der Waals surface area contributed by atoms with E-state index in [0.717, 1.165) is 21.6 Å². The highest BCUT2D eigenvalue weighted by atomic mass is 33.1. The van der Waals surface area contributed by atoms with Crippen LogP contribution in [0.15, 0.2) is 0 Å². The summed E-state index contributed by atoms with van der Waals surface area (Å²) in [5.74, 6) is -0.854.